The van der Waals surface area contributed by atoms with Gasteiger partial charge >= 0.3 is 0 Å². The zero-order chi connectivity index (χ0) is 10.4. The third kappa shape index (κ3) is 4.83. The first kappa shape index (κ1) is 11.0. The van der Waals surface area contributed by atoms with Crippen molar-refractivity contribution < 1.29 is 0 Å². The van der Waals surface area contributed by atoms with Gasteiger partial charge in [-0.25, -0.2) is 0 Å². The van der Waals surface area contributed by atoms with Crippen LogP contribution in [0.4, 0.5) is 0 Å². The Hall–Kier alpha value is -1.08. The average Bonchev–Trinajstić information content (AvgIpc) is 2.13. The van der Waals surface area contributed by atoms with Crippen molar-refractivity contribution in [3.8, 4) is 0 Å². The highest BCUT2D eigenvalue weighted by Crippen LogP contribution is 2.05. The SMILES string of the molecule is CC(C)(N)CC=CCc1ccccc1. The van der Waals surface area contributed by atoms with Gasteiger partial charge in [0.2, 0.25) is 0 Å². The summed E-state index contributed by atoms with van der Waals surface area (Å²) in [5.74, 6) is 0. The molecule has 1 rings (SSSR count). The number of hydrogen-bond acceptors (Lipinski definition) is 1. The van der Waals surface area contributed by atoms with Gasteiger partial charge in [-0.1, -0.05) is 42.5 Å². The molecular formula is C13H19N. The smallest absolute Gasteiger partial charge is 0.0132 e. The van der Waals surface area contributed by atoms with Crippen LogP contribution in [0, 0.1) is 0 Å². The lowest BCUT2D eigenvalue weighted by atomic mass is 10.0. The van der Waals surface area contributed by atoms with Gasteiger partial charge in [0.05, 0.1) is 0 Å². The topological polar surface area (TPSA) is 26.0 Å². The number of benzene rings is 1. The predicted octanol–water partition coefficient (Wildman–Crippen LogP) is 2.91. The molecule has 0 atom stereocenters. The molecule has 0 aliphatic heterocycles. The summed E-state index contributed by atoms with van der Waals surface area (Å²) in [6, 6.07) is 10.4. The minimum Gasteiger partial charge on any atom is -0.325 e. The van der Waals surface area contributed by atoms with E-state index in [0.29, 0.717) is 0 Å². The summed E-state index contributed by atoms with van der Waals surface area (Å²) in [4.78, 5) is 0. The number of hydrogen-bond donors (Lipinski definition) is 1. The maximum absolute atomic E-state index is 5.86. The minimum atomic E-state index is -0.0901. The zero-order valence-corrected chi connectivity index (χ0v) is 9.03. The van der Waals surface area contributed by atoms with E-state index in [1.165, 1.54) is 5.56 Å². The standard InChI is InChI=1S/C13H19N/c1-13(2,14)11-7-6-10-12-8-4-3-5-9-12/h3-9H,10-11,14H2,1-2H3. The van der Waals surface area contributed by atoms with E-state index in [9.17, 15) is 0 Å². The van der Waals surface area contributed by atoms with Gasteiger partial charge in [-0.2, -0.15) is 0 Å². The molecule has 1 aromatic carbocycles. The summed E-state index contributed by atoms with van der Waals surface area (Å²) in [6.07, 6.45) is 6.27. The molecule has 0 aliphatic carbocycles. The molecule has 0 amide bonds. The van der Waals surface area contributed by atoms with Crippen LogP contribution in [0.15, 0.2) is 42.5 Å². The molecule has 1 aromatic rings. The molecular weight excluding hydrogens is 170 g/mol. The maximum Gasteiger partial charge on any atom is 0.0132 e. The zero-order valence-electron chi connectivity index (χ0n) is 9.03. The van der Waals surface area contributed by atoms with E-state index in [2.05, 4.69) is 36.4 Å². The van der Waals surface area contributed by atoms with E-state index < -0.39 is 0 Å². The molecule has 0 unspecified atom stereocenters. The van der Waals surface area contributed by atoms with Crippen LogP contribution in [0.5, 0.6) is 0 Å². The summed E-state index contributed by atoms with van der Waals surface area (Å²) in [7, 11) is 0. The Balaban J connectivity index is 2.35. The lowest BCUT2D eigenvalue weighted by Crippen LogP contribution is -2.30. The second kappa shape index (κ2) is 4.97. The fourth-order valence-corrected chi connectivity index (χ4v) is 1.22. The fraction of sp³-hybridized carbons (Fsp3) is 0.385. The van der Waals surface area contributed by atoms with Crippen molar-refractivity contribution in [3.05, 3.63) is 48.0 Å². The third-order valence-corrected chi connectivity index (χ3v) is 2.01. The van der Waals surface area contributed by atoms with Gasteiger partial charge in [-0.15, -0.1) is 0 Å². The summed E-state index contributed by atoms with van der Waals surface area (Å²) < 4.78 is 0. The maximum atomic E-state index is 5.86. The van der Waals surface area contributed by atoms with Crippen LogP contribution < -0.4 is 5.73 Å². The highest BCUT2D eigenvalue weighted by molar-refractivity contribution is 5.17. The van der Waals surface area contributed by atoms with Gasteiger partial charge in [-0.05, 0) is 32.3 Å². The Morgan fingerprint density at radius 3 is 2.36 bits per heavy atom. The van der Waals surface area contributed by atoms with Crippen LogP contribution in [0.1, 0.15) is 25.8 Å². The molecule has 0 aromatic heterocycles. The molecule has 0 saturated heterocycles. The van der Waals surface area contributed by atoms with Crippen LogP contribution in [0.3, 0.4) is 0 Å². The van der Waals surface area contributed by atoms with Crippen LogP contribution in [0.25, 0.3) is 0 Å². The van der Waals surface area contributed by atoms with E-state index in [1.54, 1.807) is 0 Å². The van der Waals surface area contributed by atoms with E-state index in [1.807, 2.05) is 19.9 Å². The van der Waals surface area contributed by atoms with Crippen molar-refractivity contribution in [2.45, 2.75) is 32.2 Å². The Bertz CT molecular complexity index is 280. The molecule has 0 heterocycles. The van der Waals surface area contributed by atoms with Gasteiger partial charge in [0.1, 0.15) is 0 Å². The van der Waals surface area contributed by atoms with Crippen LogP contribution in [-0.2, 0) is 6.42 Å². The van der Waals surface area contributed by atoms with Crippen molar-refractivity contribution in [3.63, 3.8) is 0 Å². The van der Waals surface area contributed by atoms with Crippen molar-refractivity contribution in [1.29, 1.82) is 0 Å². The van der Waals surface area contributed by atoms with Gasteiger partial charge in [0.25, 0.3) is 0 Å². The lowest BCUT2D eigenvalue weighted by Gasteiger charge is -2.14. The average molecular weight is 189 g/mol. The van der Waals surface area contributed by atoms with E-state index in [0.717, 1.165) is 12.8 Å². The monoisotopic (exact) mass is 189 g/mol. The Labute approximate surface area is 86.6 Å². The number of allylic oxidation sites excluding steroid dienone is 1. The third-order valence-electron chi connectivity index (χ3n) is 2.01. The molecule has 0 aliphatic rings. The highest BCUT2D eigenvalue weighted by Gasteiger charge is 2.06. The Kier molecular flexibility index (Phi) is 3.90. The highest BCUT2D eigenvalue weighted by atomic mass is 14.7. The molecule has 0 fully saturated rings. The normalized spacial score (nSPS) is 12.2. The quantitative estimate of drug-likeness (QED) is 0.724. The predicted molar refractivity (Wildman–Crippen MR) is 62.2 cm³/mol. The van der Waals surface area contributed by atoms with Crippen molar-refractivity contribution >= 4 is 0 Å². The molecule has 1 heteroatoms. The summed E-state index contributed by atoms with van der Waals surface area (Å²) >= 11 is 0. The summed E-state index contributed by atoms with van der Waals surface area (Å²) in [5.41, 5.74) is 7.12. The molecule has 0 saturated carbocycles. The van der Waals surface area contributed by atoms with E-state index >= 15 is 0 Å². The molecule has 1 nitrogen and oxygen atoms in total. The van der Waals surface area contributed by atoms with Gasteiger partial charge in [0.15, 0.2) is 0 Å². The van der Waals surface area contributed by atoms with E-state index in [-0.39, 0.29) is 5.54 Å². The van der Waals surface area contributed by atoms with Gasteiger partial charge < -0.3 is 5.73 Å². The van der Waals surface area contributed by atoms with Crippen LogP contribution >= 0.6 is 0 Å². The molecule has 0 radical (unpaired) electrons. The second-order valence-corrected chi connectivity index (χ2v) is 4.35. The first-order valence-corrected chi connectivity index (χ1v) is 5.06. The first-order valence-electron chi connectivity index (χ1n) is 5.06. The van der Waals surface area contributed by atoms with Crippen LogP contribution in [0.2, 0.25) is 0 Å². The second-order valence-electron chi connectivity index (χ2n) is 4.35. The van der Waals surface area contributed by atoms with Gasteiger partial charge in [-0.3, -0.25) is 0 Å². The fourth-order valence-electron chi connectivity index (χ4n) is 1.22. The number of rotatable bonds is 4. The lowest BCUT2D eigenvalue weighted by molar-refractivity contribution is 0.527. The summed E-state index contributed by atoms with van der Waals surface area (Å²) in [5, 5.41) is 0. The van der Waals surface area contributed by atoms with Crippen LogP contribution in [-0.4, -0.2) is 5.54 Å². The minimum absolute atomic E-state index is 0.0901. The molecule has 0 bridgehead atoms. The summed E-state index contributed by atoms with van der Waals surface area (Å²) in [6.45, 7) is 4.08. The van der Waals surface area contributed by atoms with Crippen molar-refractivity contribution in [2.24, 2.45) is 5.73 Å². The Morgan fingerprint density at radius 1 is 1.14 bits per heavy atom. The largest absolute Gasteiger partial charge is 0.325 e. The molecule has 76 valence electrons. The molecule has 2 N–H and O–H groups in total. The molecule has 14 heavy (non-hydrogen) atoms. The van der Waals surface area contributed by atoms with Crippen molar-refractivity contribution in [2.75, 3.05) is 0 Å². The first-order chi connectivity index (χ1) is 6.58. The van der Waals surface area contributed by atoms with E-state index in [4.69, 9.17) is 5.73 Å². The molecule has 0 spiro atoms. The van der Waals surface area contributed by atoms with Crippen molar-refractivity contribution in [1.82, 2.24) is 0 Å². The Morgan fingerprint density at radius 2 is 1.79 bits per heavy atom. The van der Waals surface area contributed by atoms with Gasteiger partial charge in [0, 0.05) is 5.54 Å². The number of nitrogens with two attached hydrogens (primary N) is 1.